The van der Waals surface area contributed by atoms with Crippen LogP contribution < -0.4 is 4.74 Å². The summed E-state index contributed by atoms with van der Waals surface area (Å²) >= 11 is 0. The molecule has 334 valence electrons. The number of pyridine rings is 1. The Morgan fingerprint density at radius 3 is 1.97 bits per heavy atom. The van der Waals surface area contributed by atoms with Crippen molar-refractivity contribution in [3.8, 4) is 17.7 Å². The zero-order chi connectivity index (χ0) is 46.8. The molecule has 0 aliphatic carbocycles. The monoisotopic (exact) mass is 955 g/mol. The number of hydrogen-bond donors (Lipinski definition) is 5. The van der Waals surface area contributed by atoms with E-state index in [1.807, 2.05) is 0 Å². The number of imidazole rings is 1. The Labute approximate surface area is 364 Å². The van der Waals surface area contributed by atoms with Crippen LogP contribution in [0.1, 0.15) is 36.5 Å². The molecule has 4 aromatic carbocycles. The summed E-state index contributed by atoms with van der Waals surface area (Å²) in [5, 5.41) is 46.5. The Morgan fingerprint density at radius 1 is 0.719 bits per heavy atom. The first-order chi connectivity index (χ1) is 30.0. The van der Waals surface area contributed by atoms with Crippen LogP contribution in [-0.2, 0) is 46.9 Å². The Kier molecular flexibility index (Phi) is 13.3. The van der Waals surface area contributed by atoms with Crippen molar-refractivity contribution >= 4 is 91.3 Å². The maximum absolute atomic E-state index is 12.4. The molecule has 0 amide bonds. The van der Waals surface area contributed by atoms with Crippen LogP contribution in [0.4, 0.5) is 34.1 Å². The van der Waals surface area contributed by atoms with Gasteiger partial charge in [0, 0.05) is 11.6 Å². The first-order valence-electron chi connectivity index (χ1n) is 18.2. The van der Waals surface area contributed by atoms with Gasteiger partial charge in [-0.25, -0.2) is 4.98 Å². The minimum Gasteiger partial charge on any atom is -0.493 e. The summed E-state index contributed by atoms with van der Waals surface area (Å²) in [6.45, 7) is 3.05. The van der Waals surface area contributed by atoms with Gasteiger partial charge in [0.15, 0.2) is 11.3 Å². The molecule has 6 aromatic rings. The zero-order valence-electron chi connectivity index (χ0n) is 33.0. The van der Waals surface area contributed by atoms with Crippen LogP contribution in [0.5, 0.6) is 11.6 Å². The number of aromatic hydroxyl groups is 1. The third kappa shape index (κ3) is 10.7. The molecule has 0 spiro atoms. The topological polar surface area (TPSA) is 362 Å². The second-order valence-corrected chi connectivity index (χ2v) is 19.4. The molecule has 27 heteroatoms. The van der Waals surface area contributed by atoms with Gasteiger partial charge < -0.3 is 9.84 Å². The number of azo groups is 3. The van der Waals surface area contributed by atoms with E-state index < -0.39 is 66.8 Å². The summed E-state index contributed by atoms with van der Waals surface area (Å²) in [6, 6.07) is 16.2. The van der Waals surface area contributed by atoms with Gasteiger partial charge >= 0.3 is 0 Å². The van der Waals surface area contributed by atoms with Crippen LogP contribution in [0.15, 0.2) is 118 Å². The Morgan fingerprint density at radius 2 is 1.34 bits per heavy atom. The SMILES string of the molecule is CCCc1c(/N=N\c2cc(C)c(N=Nc3ccc(/N=N\c4ccc(S(=O)(=O)O)cc4)cc3S(=O)(=O)O)cc2OCCCS(=O)(=O)O)c(O)n2c(nc3ccc(S(=O)(=O)O)cc32)c1C#N. The van der Waals surface area contributed by atoms with Gasteiger partial charge in [-0.3, -0.25) is 22.6 Å². The number of ether oxygens (including phenoxy) is 1. The fraction of sp³-hybridized carbons (Fsp3) is 0.189. The Hall–Kier alpha value is -6.64. The lowest BCUT2D eigenvalue weighted by Crippen LogP contribution is -2.08. The van der Waals surface area contributed by atoms with Gasteiger partial charge in [-0.05, 0) is 92.1 Å². The van der Waals surface area contributed by atoms with Crippen molar-refractivity contribution in [3.63, 3.8) is 0 Å². The number of nitrogens with zero attached hydrogens (tertiary/aromatic N) is 9. The van der Waals surface area contributed by atoms with Crippen molar-refractivity contribution < 1.29 is 61.7 Å². The predicted octanol–water partition coefficient (Wildman–Crippen LogP) is 7.97. The predicted molar refractivity (Wildman–Crippen MR) is 226 cm³/mol. The van der Waals surface area contributed by atoms with E-state index in [0.717, 1.165) is 40.8 Å². The molecule has 0 fully saturated rings. The molecule has 2 heterocycles. The molecule has 0 atom stereocenters. The van der Waals surface area contributed by atoms with Gasteiger partial charge in [-0.15, -0.1) is 15.3 Å². The van der Waals surface area contributed by atoms with Crippen molar-refractivity contribution in [1.82, 2.24) is 9.38 Å². The Bertz CT molecular complexity index is 3440. The largest absolute Gasteiger partial charge is 0.493 e. The van der Waals surface area contributed by atoms with Crippen LogP contribution >= 0.6 is 0 Å². The molecule has 0 unspecified atom stereocenters. The number of nitriles is 1. The summed E-state index contributed by atoms with van der Waals surface area (Å²) in [5.41, 5.74) is 0.210. The van der Waals surface area contributed by atoms with Crippen LogP contribution in [-0.4, -0.2) is 78.7 Å². The van der Waals surface area contributed by atoms with Crippen LogP contribution in [0.25, 0.3) is 16.7 Å². The molecule has 64 heavy (non-hydrogen) atoms. The maximum Gasteiger partial charge on any atom is 0.296 e. The average Bonchev–Trinajstić information content (AvgIpc) is 3.60. The number of aryl methyl sites for hydroxylation is 1. The Balaban J connectivity index is 1.41. The molecule has 0 saturated carbocycles. The molecule has 0 aliphatic heterocycles. The number of fused-ring (bicyclic) bond motifs is 3. The first kappa shape index (κ1) is 46.9. The van der Waals surface area contributed by atoms with E-state index in [-0.39, 0.29) is 87.1 Å². The molecule has 0 saturated heterocycles. The summed E-state index contributed by atoms with van der Waals surface area (Å²) in [7, 11) is -18.5. The highest BCUT2D eigenvalue weighted by Crippen LogP contribution is 2.42. The van der Waals surface area contributed by atoms with Crippen LogP contribution in [0, 0.1) is 18.3 Å². The summed E-state index contributed by atoms with van der Waals surface area (Å²) < 4.78 is 139. The second kappa shape index (κ2) is 18.2. The molecule has 0 aliphatic rings. The lowest BCUT2D eigenvalue weighted by Gasteiger charge is -2.13. The van der Waals surface area contributed by atoms with E-state index in [4.69, 9.17) is 9.29 Å². The summed E-state index contributed by atoms with van der Waals surface area (Å²) in [4.78, 5) is 2.78. The molecule has 0 radical (unpaired) electrons. The van der Waals surface area contributed by atoms with Crippen molar-refractivity contribution in [1.29, 1.82) is 5.26 Å². The minimum atomic E-state index is -4.95. The molecular weight excluding hydrogens is 923 g/mol. The van der Waals surface area contributed by atoms with Crippen LogP contribution in [0.3, 0.4) is 0 Å². The molecule has 2 aromatic heterocycles. The smallest absolute Gasteiger partial charge is 0.296 e. The highest BCUT2D eigenvalue weighted by molar-refractivity contribution is 7.86. The molecule has 6 rings (SSSR count). The van der Waals surface area contributed by atoms with E-state index >= 15 is 0 Å². The quantitative estimate of drug-likeness (QED) is 0.0349. The maximum atomic E-state index is 12.4. The van der Waals surface area contributed by atoms with E-state index in [0.29, 0.717) is 12.0 Å². The standard InChI is InChI=1S/C37H33N9O14S4/c1-3-5-26-27(20-38)36-39-28-13-11-25(63(54,55)56)18-32(28)46(36)37(47)35(26)45-44-31-16-21(2)30(19-33(31)60-14-4-15-61(48,49)50)43-42-29-12-8-23(17-34(29)64(57,58)59)41-40-22-6-9-24(10-7-22)62(51,52)53/h6-13,16-19,47H,3-5,14-15H2,1-2H3,(H,48,49,50)(H,51,52,53)(H,54,55,56)(H,57,58,59)/b41-40-,43-42?,45-44-. The van der Waals surface area contributed by atoms with Gasteiger partial charge in [-0.1, -0.05) is 13.3 Å². The van der Waals surface area contributed by atoms with Gasteiger partial charge in [0.1, 0.15) is 33.7 Å². The molecular formula is C37H33N9O14S4. The third-order valence-electron chi connectivity index (χ3n) is 9.01. The number of rotatable bonds is 16. The summed E-state index contributed by atoms with van der Waals surface area (Å²) in [6.07, 6.45) is 0.463. The number of hydrogen-bond acceptors (Lipinski definition) is 18. The lowest BCUT2D eigenvalue weighted by atomic mass is 10.0. The van der Waals surface area contributed by atoms with E-state index in [2.05, 4.69) is 41.7 Å². The average molecular weight is 956 g/mol. The van der Waals surface area contributed by atoms with E-state index in [9.17, 15) is 57.7 Å². The zero-order valence-corrected chi connectivity index (χ0v) is 36.3. The first-order valence-corrected chi connectivity index (χ1v) is 24.2. The van der Waals surface area contributed by atoms with Crippen molar-refractivity contribution in [2.24, 2.45) is 30.7 Å². The van der Waals surface area contributed by atoms with Crippen molar-refractivity contribution in [3.05, 3.63) is 89.5 Å². The van der Waals surface area contributed by atoms with Crippen molar-refractivity contribution in [2.75, 3.05) is 12.4 Å². The van der Waals surface area contributed by atoms with E-state index in [1.54, 1.807) is 13.8 Å². The van der Waals surface area contributed by atoms with Gasteiger partial charge in [0.2, 0.25) is 5.88 Å². The van der Waals surface area contributed by atoms with Gasteiger partial charge in [0.05, 0.1) is 50.2 Å². The highest BCUT2D eigenvalue weighted by atomic mass is 32.2. The van der Waals surface area contributed by atoms with Crippen LogP contribution in [0.2, 0.25) is 0 Å². The summed E-state index contributed by atoms with van der Waals surface area (Å²) in [5.74, 6) is -1.36. The fourth-order valence-corrected chi connectivity index (χ4v) is 8.17. The molecule has 23 nitrogen and oxygen atoms in total. The highest BCUT2D eigenvalue weighted by Gasteiger charge is 2.25. The lowest BCUT2D eigenvalue weighted by molar-refractivity contribution is 0.317. The molecule has 5 N–H and O–H groups in total. The van der Waals surface area contributed by atoms with Gasteiger partial charge in [0.25, 0.3) is 40.5 Å². The second-order valence-electron chi connectivity index (χ2n) is 13.6. The third-order valence-corrected chi connectivity index (χ3v) is 12.4. The minimum absolute atomic E-state index is 0.00886. The normalized spacial score (nSPS) is 12.9. The van der Waals surface area contributed by atoms with E-state index in [1.165, 1.54) is 36.4 Å². The number of benzene rings is 4. The number of aromatic nitrogens is 2. The molecule has 0 bridgehead atoms. The fourth-order valence-electron chi connectivity index (χ4n) is 6.06. The van der Waals surface area contributed by atoms with Crippen molar-refractivity contribution in [2.45, 2.75) is 47.8 Å². The van der Waals surface area contributed by atoms with Gasteiger partial charge in [-0.2, -0.15) is 54.3 Å².